The minimum atomic E-state index is -0.360. The van der Waals surface area contributed by atoms with Gasteiger partial charge in [0.2, 0.25) is 5.78 Å². The summed E-state index contributed by atoms with van der Waals surface area (Å²) < 4.78 is 0. The molecule has 0 saturated carbocycles. The highest BCUT2D eigenvalue weighted by Gasteiger charge is 2.41. The van der Waals surface area contributed by atoms with Gasteiger partial charge < -0.3 is 10.2 Å². The molecule has 1 heterocycles. The second-order valence-corrected chi connectivity index (χ2v) is 7.43. The molecule has 1 rings (SSSR count). The van der Waals surface area contributed by atoms with E-state index in [9.17, 15) is 9.59 Å². The summed E-state index contributed by atoms with van der Waals surface area (Å²) in [6.45, 7) is 13.7. The lowest BCUT2D eigenvalue weighted by Crippen LogP contribution is -2.60. The van der Waals surface area contributed by atoms with Gasteiger partial charge in [0.25, 0.3) is 5.91 Å². The minimum Gasteiger partial charge on any atom is -0.335 e. The Morgan fingerprint density at radius 3 is 2.16 bits per heavy atom. The summed E-state index contributed by atoms with van der Waals surface area (Å²) in [5, 5.41) is 3.26. The fourth-order valence-electron chi connectivity index (χ4n) is 2.52. The quantitative estimate of drug-likeness (QED) is 0.776. The number of ketones is 1. The second kappa shape index (κ2) is 5.61. The van der Waals surface area contributed by atoms with Crippen molar-refractivity contribution < 1.29 is 9.59 Å². The molecular formula is C15H28N2O2. The van der Waals surface area contributed by atoms with E-state index >= 15 is 0 Å². The van der Waals surface area contributed by atoms with E-state index in [4.69, 9.17) is 0 Å². The Hall–Kier alpha value is -0.900. The summed E-state index contributed by atoms with van der Waals surface area (Å²) in [4.78, 5) is 26.1. The van der Waals surface area contributed by atoms with Crippen LogP contribution in [-0.2, 0) is 9.59 Å². The first kappa shape index (κ1) is 16.2. The van der Waals surface area contributed by atoms with Gasteiger partial charge in [-0.25, -0.2) is 0 Å². The molecule has 1 aliphatic rings. The maximum atomic E-state index is 12.3. The monoisotopic (exact) mass is 268 g/mol. The molecule has 0 aromatic carbocycles. The van der Waals surface area contributed by atoms with Gasteiger partial charge in [-0.05, 0) is 32.6 Å². The van der Waals surface area contributed by atoms with Crippen LogP contribution in [0.3, 0.4) is 0 Å². The molecular weight excluding hydrogens is 240 g/mol. The van der Waals surface area contributed by atoms with Crippen molar-refractivity contribution in [2.45, 2.75) is 66.0 Å². The third kappa shape index (κ3) is 4.60. The molecule has 4 heteroatoms. The molecule has 1 unspecified atom stereocenters. The Labute approximate surface area is 116 Å². The summed E-state index contributed by atoms with van der Waals surface area (Å²) in [6.07, 6.45) is 1.59. The van der Waals surface area contributed by atoms with Crippen LogP contribution in [0.1, 0.15) is 54.4 Å². The van der Waals surface area contributed by atoms with E-state index in [0.29, 0.717) is 19.5 Å². The summed E-state index contributed by atoms with van der Waals surface area (Å²) in [5.74, 6) is -0.609. The first-order valence-electron chi connectivity index (χ1n) is 7.16. The maximum absolute atomic E-state index is 12.3. The molecule has 19 heavy (non-hydrogen) atoms. The SMILES string of the molecule is CCCC(NC(C)(C)C)C(=O)C(=O)N1CC(C)(C)C1. The molecule has 4 nitrogen and oxygen atoms in total. The number of rotatable bonds is 5. The number of Topliss-reactive ketones (excluding diaryl/α,β-unsaturated/α-hetero) is 1. The van der Waals surface area contributed by atoms with Gasteiger partial charge in [-0.1, -0.05) is 27.2 Å². The number of hydrogen-bond donors (Lipinski definition) is 1. The van der Waals surface area contributed by atoms with Crippen LogP contribution in [0.2, 0.25) is 0 Å². The molecule has 110 valence electrons. The maximum Gasteiger partial charge on any atom is 0.291 e. The van der Waals surface area contributed by atoms with Crippen LogP contribution in [0.15, 0.2) is 0 Å². The van der Waals surface area contributed by atoms with Gasteiger partial charge >= 0.3 is 0 Å². The van der Waals surface area contributed by atoms with Gasteiger partial charge in [0.1, 0.15) is 0 Å². The standard InChI is InChI=1S/C15H28N2O2/c1-7-8-11(16-14(2,3)4)12(18)13(19)17-9-15(5,6)10-17/h11,16H,7-10H2,1-6H3. The van der Waals surface area contributed by atoms with E-state index in [2.05, 4.69) is 19.2 Å². The van der Waals surface area contributed by atoms with Crippen molar-refractivity contribution in [3.63, 3.8) is 0 Å². The molecule has 0 radical (unpaired) electrons. The lowest BCUT2D eigenvalue weighted by molar-refractivity contribution is -0.153. The average molecular weight is 268 g/mol. The highest BCUT2D eigenvalue weighted by Crippen LogP contribution is 2.28. The normalized spacial score (nSPS) is 19.8. The molecule has 1 N–H and O–H groups in total. The van der Waals surface area contributed by atoms with Gasteiger partial charge in [0, 0.05) is 18.6 Å². The zero-order valence-corrected chi connectivity index (χ0v) is 13.2. The summed E-state index contributed by atoms with van der Waals surface area (Å²) in [6, 6.07) is -0.360. The molecule has 1 amide bonds. The van der Waals surface area contributed by atoms with E-state index < -0.39 is 0 Å². The third-order valence-corrected chi connectivity index (χ3v) is 3.24. The Morgan fingerprint density at radius 1 is 1.26 bits per heavy atom. The van der Waals surface area contributed by atoms with Crippen molar-refractivity contribution in [3.05, 3.63) is 0 Å². The van der Waals surface area contributed by atoms with Gasteiger partial charge in [-0.3, -0.25) is 9.59 Å². The Morgan fingerprint density at radius 2 is 1.79 bits per heavy atom. The molecule has 0 aromatic rings. The van der Waals surface area contributed by atoms with Crippen molar-refractivity contribution in [2.75, 3.05) is 13.1 Å². The highest BCUT2D eigenvalue weighted by atomic mass is 16.2. The van der Waals surface area contributed by atoms with Gasteiger partial charge in [0.15, 0.2) is 0 Å². The molecule has 0 bridgehead atoms. The topological polar surface area (TPSA) is 49.4 Å². The Bertz CT molecular complexity index is 348. The number of hydrogen-bond acceptors (Lipinski definition) is 3. The van der Waals surface area contributed by atoms with Crippen LogP contribution in [0.25, 0.3) is 0 Å². The van der Waals surface area contributed by atoms with Gasteiger partial charge in [-0.2, -0.15) is 0 Å². The number of amides is 1. The fourth-order valence-corrected chi connectivity index (χ4v) is 2.52. The predicted molar refractivity (Wildman–Crippen MR) is 77.0 cm³/mol. The van der Waals surface area contributed by atoms with E-state index in [1.807, 2.05) is 27.7 Å². The smallest absolute Gasteiger partial charge is 0.291 e. The van der Waals surface area contributed by atoms with Crippen LogP contribution < -0.4 is 5.32 Å². The van der Waals surface area contributed by atoms with Crippen molar-refractivity contribution in [3.8, 4) is 0 Å². The van der Waals surface area contributed by atoms with Gasteiger partial charge in [0.05, 0.1) is 6.04 Å². The first-order valence-corrected chi connectivity index (χ1v) is 7.16. The molecule has 0 aliphatic carbocycles. The van der Waals surface area contributed by atoms with Crippen LogP contribution in [0.5, 0.6) is 0 Å². The van der Waals surface area contributed by atoms with Crippen molar-refractivity contribution in [1.29, 1.82) is 0 Å². The number of nitrogens with zero attached hydrogens (tertiary/aromatic N) is 1. The summed E-state index contributed by atoms with van der Waals surface area (Å²) >= 11 is 0. The number of likely N-dealkylation sites (tertiary alicyclic amines) is 1. The van der Waals surface area contributed by atoms with E-state index in [1.54, 1.807) is 4.90 Å². The van der Waals surface area contributed by atoms with Crippen LogP contribution in [-0.4, -0.2) is 41.3 Å². The zero-order valence-electron chi connectivity index (χ0n) is 13.2. The van der Waals surface area contributed by atoms with Crippen LogP contribution in [0, 0.1) is 5.41 Å². The minimum absolute atomic E-state index is 0.160. The summed E-state index contributed by atoms with van der Waals surface area (Å²) in [7, 11) is 0. The molecule has 1 atom stereocenters. The van der Waals surface area contributed by atoms with Gasteiger partial charge in [-0.15, -0.1) is 0 Å². The van der Waals surface area contributed by atoms with Crippen molar-refractivity contribution in [2.24, 2.45) is 5.41 Å². The number of carbonyl (C=O) groups is 2. The molecule has 0 aromatic heterocycles. The highest BCUT2D eigenvalue weighted by molar-refractivity contribution is 6.38. The van der Waals surface area contributed by atoms with E-state index in [1.165, 1.54) is 0 Å². The average Bonchev–Trinajstić information content (AvgIpc) is 2.21. The van der Waals surface area contributed by atoms with E-state index in [0.717, 1.165) is 6.42 Å². The molecule has 1 saturated heterocycles. The number of carbonyl (C=O) groups excluding carboxylic acids is 2. The molecule has 1 aliphatic heterocycles. The zero-order chi connectivity index (χ0) is 14.8. The lowest BCUT2D eigenvalue weighted by atomic mass is 9.84. The molecule has 1 fully saturated rings. The second-order valence-electron chi connectivity index (χ2n) is 7.43. The third-order valence-electron chi connectivity index (χ3n) is 3.24. The van der Waals surface area contributed by atoms with E-state index in [-0.39, 0.29) is 28.7 Å². The summed E-state index contributed by atoms with van der Waals surface area (Å²) in [5.41, 5.74) is -0.00234. The Kier molecular flexibility index (Phi) is 4.77. The first-order chi connectivity index (χ1) is 8.56. The van der Waals surface area contributed by atoms with Crippen LogP contribution >= 0.6 is 0 Å². The Balaban J connectivity index is 2.64. The largest absolute Gasteiger partial charge is 0.335 e. The lowest BCUT2D eigenvalue weighted by Gasteiger charge is -2.45. The van der Waals surface area contributed by atoms with Crippen LogP contribution in [0.4, 0.5) is 0 Å². The fraction of sp³-hybridized carbons (Fsp3) is 0.867. The predicted octanol–water partition coefficient (Wildman–Crippen LogP) is 1.98. The van der Waals surface area contributed by atoms with Crippen molar-refractivity contribution >= 4 is 11.7 Å². The number of nitrogens with one attached hydrogen (secondary N) is 1. The van der Waals surface area contributed by atoms with Crippen molar-refractivity contribution in [1.82, 2.24) is 10.2 Å². The molecule has 0 spiro atoms.